The fourth-order valence-corrected chi connectivity index (χ4v) is 3.22. The number of piperidine rings is 1. The quantitative estimate of drug-likeness (QED) is 0.486. The van der Waals surface area contributed by atoms with Crippen LogP contribution in [0.3, 0.4) is 0 Å². The Labute approximate surface area is 123 Å². The Morgan fingerprint density at radius 1 is 1.38 bits per heavy atom. The number of nitro benzene ring substituents is 1. The van der Waals surface area contributed by atoms with Gasteiger partial charge in [-0.3, -0.25) is 10.1 Å². The first kappa shape index (κ1) is 15.5. The highest BCUT2D eigenvalue weighted by atomic mass is 32.2. The molecule has 8 nitrogen and oxygen atoms in total. The zero-order chi connectivity index (χ0) is 15.6. The van der Waals surface area contributed by atoms with Crippen molar-refractivity contribution in [3.63, 3.8) is 0 Å². The number of non-ortho nitro benzene ring substituents is 1. The number of anilines is 2. The maximum Gasteiger partial charge on any atom is 0.271 e. The summed E-state index contributed by atoms with van der Waals surface area (Å²) < 4.78 is 24.3. The molecule has 1 heterocycles. The fourth-order valence-electron chi connectivity index (χ4n) is 2.35. The Morgan fingerprint density at radius 2 is 2.00 bits per heavy atom. The number of nitro groups is 1. The molecule has 0 aromatic heterocycles. The van der Waals surface area contributed by atoms with Gasteiger partial charge in [0, 0.05) is 31.3 Å². The predicted molar refractivity (Wildman–Crippen MR) is 80.6 cm³/mol. The third-order valence-electron chi connectivity index (χ3n) is 3.53. The Balaban J connectivity index is 1.99. The lowest BCUT2D eigenvalue weighted by atomic mass is 10.1. The number of rotatable bonds is 4. The third-order valence-corrected chi connectivity index (χ3v) is 4.83. The van der Waals surface area contributed by atoms with E-state index in [4.69, 9.17) is 5.73 Å². The summed E-state index contributed by atoms with van der Waals surface area (Å²) in [6, 6.07) is 4.39. The molecule has 21 heavy (non-hydrogen) atoms. The Morgan fingerprint density at radius 3 is 2.48 bits per heavy atom. The highest BCUT2D eigenvalue weighted by Crippen LogP contribution is 2.26. The lowest BCUT2D eigenvalue weighted by Crippen LogP contribution is -2.41. The molecular formula is C12H18N4O4S. The molecule has 1 aliphatic heterocycles. The average Bonchev–Trinajstić information content (AvgIpc) is 2.40. The normalized spacial score (nSPS) is 17.6. The lowest BCUT2D eigenvalue weighted by molar-refractivity contribution is -0.384. The molecule has 0 unspecified atom stereocenters. The van der Waals surface area contributed by atoms with Gasteiger partial charge in [-0.05, 0) is 18.9 Å². The Bertz CT molecular complexity index is 639. The monoisotopic (exact) mass is 314 g/mol. The van der Waals surface area contributed by atoms with Gasteiger partial charge < -0.3 is 11.1 Å². The zero-order valence-corrected chi connectivity index (χ0v) is 12.5. The molecular weight excluding hydrogens is 296 g/mol. The van der Waals surface area contributed by atoms with E-state index in [9.17, 15) is 18.5 Å². The van der Waals surface area contributed by atoms with Crippen LogP contribution in [0.4, 0.5) is 17.1 Å². The largest absolute Gasteiger partial charge is 0.397 e. The van der Waals surface area contributed by atoms with Crippen molar-refractivity contribution in [3.8, 4) is 0 Å². The van der Waals surface area contributed by atoms with E-state index in [-0.39, 0.29) is 11.7 Å². The third kappa shape index (κ3) is 3.82. The second-order valence-electron chi connectivity index (χ2n) is 5.11. The molecule has 0 saturated carbocycles. The van der Waals surface area contributed by atoms with E-state index in [1.165, 1.54) is 22.7 Å². The van der Waals surface area contributed by atoms with Crippen molar-refractivity contribution in [2.24, 2.45) is 0 Å². The SMILES string of the molecule is CS(=O)(=O)N1CCC(Nc2ccc([N+](=O)[O-])cc2N)CC1. The lowest BCUT2D eigenvalue weighted by Gasteiger charge is -2.31. The van der Waals surface area contributed by atoms with Gasteiger partial charge in [0.05, 0.1) is 22.6 Å². The van der Waals surface area contributed by atoms with Crippen molar-refractivity contribution < 1.29 is 13.3 Å². The number of hydrogen-bond donors (Lipinski definition) is 2. The van der Waals surface area contributed by atoms with Gasteiger partial charge in [0.2, 0.25) is 10.0 Å². The first-order valence-corrected chi connectivity index (χ1v) is 8.38. The van der Waals surface area contributed by atoms with E-state index in [2.05, 4.69) is 5.32 Å². The maximum absolute atomic E-state index is 11.4. The molecule has 9 heteroatoms. The first-order valence-electron chi connectivity index (χ1n) is 6.53. The summed E-state index contributed by atoms with van der Waals surface area (Å²) in [6.07, 6.45) is 2.54. The van der Waals surface area contributed by atoms with Crippen molar-refractivity contribution in [2.45, 2.75) is 18.9 Å². The molecule has 0 atom stereocenters. The van der Waals surface area contributed by atoms with Crippen LogP contribution < -0.4 is 11.1 Å². The molecule has 0 radical (unpaired) electrons. The zero-order valence-electron chi connectivity index (χ0n) is 11.7. The van der Waals surface area contributed by atoms with Gasteiger partial charge in [0.15, 0.2) is 0 Å². The van der Waals surface area contributed by atoms with E-state index in [1.807, 2.05) is 0 Å². The van der Waals surface area contributed by atoms with E-state index in [1.54, 1.807) is 6.07 Å². The molecule has 1 saturated heterocycles. The maximum atomic E-state index is 11.4. The summed E-state index contributed by atoms with van der Waals surface area (Å²) in [4.78, 5) is 10.2. The van der Waals surface area contributed by atoms with Crippen LogP contribution in [0.1, 0.15) is 12.8 Å². The Kier molecular flexibility index (Phi) is 4.33. The standard InChI is InChI=1S/C12H18N4O4S/c1-21(19,20)15-6-4-9(5-7-15)14-12-3-2-10(16(17)18)8-11(12)13/h2-3,8-9,14H,4-7,13H2,1H3. The van der Waals surface area contributed by atoms with Crippen LogP contribution >= 0.6 is 0 Å². The molecule has 1 aromatic rings. The number of benzene rings is 1. The van der Waals surface area contributed by atoms with E-state index in [0.29, 0.717) is 37.3 Å². The average molecular weight is 314 g/mol. The van der Waals surface area contributed by atoms with Crippen molar-refractivity contribution in [1.82, 2.24) is 4.31 Å². The molecule has 1 aliphatic rings. The molecule has 116 valence electrons. The minimum Gasteiger partial charge on any atom is -0.397 e. The van der Waals surface area contributed by atoms with Crippen LogP contribution in [0.25, 0.3) is 0 Å². The van der Waals surface area contributed by atoms with Gasteiger partial charge in [-0.15, -0.1) is 0 Å². The summed E-state index contributed by atoms with van der Waals surface area (Å²) in [7, 11) is -3.14. The molecule has 0 aliphatic carbocycles. The smallest absolute Gasteiger partial charge is 0.271 e. The van der Waals surface area contributed by atoms with Gasteiger partial charge in [-0.1, -0.05) is 0 Å². The number of nitrogen functional groups attached to an aromatic ring is 1. The molecule has 3 N–H and O–H groups in total. The second kappa shape index (κ2) is 5.86. The fraction of sp³-hybridized carbons (Fsp3) is 0.500. The van der Waals surface area contributed by atoms with Gasteiger partial charge in [-0.2, -0.15) is 0 Å². The summed E-state index contributed by atoms with van der Waals surface area (Å²) >= 11 is 0. The number of hydrogen-bond acceptors (Lipinski definition) is 6. The first-order chi connectivity index (χ1) is 9.77. The molecule has 1 fully saturated rings. The minimum absolute atomic E-state index is 0.0510. The molecule has 0 amide bonds. The molecule has 1 aromatic carbocycles. The molecule has 0 bridgehead atoms. The summed E-state index contributed by atoms with van der Waals surface area (Å²) in [5.74, 6) is 0. The second-order valence-corrected chi connectivity index (χ2v) is 7.09. The molecule has 2 rings (SSSR count). The van der Waals surface area contributed by atoms with Crippen LogP contribution in [-0.4, -0.2) is 43.0 Å². The highest BCUT2D eigenvalue weighted by molar-refractivity contribution is 7.88. The highest BCUT2D eigenvalue weighted by Gasteiger charge is 2.25. The van der Waals surface area contributed by atoms with E-state index in [0.717, 1.165) is 0 Å². The van der Waals surface area contributed by atoms with Crippen molar-refractivity contribution in [3.05, 3.63) is 28.3 Å². The van der Waals surface area contributed by atoms with Crippen molar-refractivity contribution in [1.29, 1.82) is 0 Å². The van der Waals surface area contributed by atoms with Crippen LogP contribution in [0, 0.1) is 10.1 Å². The summed E-state index contributed by atoms with van der Waals surface area (Å²) in [6.45, 7) is 0.923. The van der Waals surface area contributed by atoms with E-state index < -0.39 is 14.9 Å². The van der Waals surface area contributed by atoms with Crippen LogP contribution in [-0.2, 0) is 10.0 Å². The van der Waals surface area contributed by atoms with Gasteiger partial charge in [0.25, 0.3) is 5.69 Å². The summed E-state index contributed by atoms with van der Waals surface area (Å²) in [5.41, 5.74) is 6.70. The summed E-state index contributed by atoms with van der Waals surface area (Å²) in [5, 5.41) is 13.9. The molecule has 0 spiro atoms. The van der Waals surface area contributed by atoms with Gasteiger partial charge in [-0.25, -0.2) is 12.7 Å². The van der Waals surface area contributed by atoms with Gasteiger partial charge >= 0.3 is 0 Å². The topological polar surface area (TPSA) is 119 Å². The number of nitrogens with zero attached hydrogens (tertiary/aromatic N) is 2. The minimum atomic E-state index is -3.14. The van der Waals surface area contributed by atoms with Crippen LogP contribution in [0.2, 0.25) is 0 Å². The number of nitrogens with one attached hydrogen (secondary N) is 1. The van der Waals surface area contributed by atoms with Crippen LogP contribution in [0.15, 0.2) is 18.2 Å². The van der Waals surface area contributed by atoms with Gasteiger partial charge in [0.1, 0.15) is 0 Å². The Hall–Kier alpha value is -1.87. The number of nitrogens with two attached hydrogens (primary N) is 1. The number of sulfonamides is 1. The van der Waals surface area contributed by atoms with Crippen LogP contribution in [0.5, 0.6) is 0 Å². The van der Waals surface area contributed by atoms with Crippen molar-refractivity contribution in [2.75, 3.05) is 30.4 Å². The predicted octanol–water partition coefficient (Wildman–Crippen LogP) is 1.01. The van der Waals surface area contributed by atoms with Crippen molar-refractivity contribution >= 4 is 27.1 Å². The van der Waals surface area contributed by atoms with E-state index >= 15 is 0 Å².